The van der Waals surface area contributed by atoms with Crippen molar-refractivity contribution in [2.75, 3.05) is 20.7 Å². The zero-order valence-corrected chi connectivity index (χ0v) is 22.5. The normalized spacial score (nSPS) is 26.0. The topological polar surface area (TPSA) is 63.6 Å². The SMILES string of the molecule is CNCC(F)F.COc1nc(Cl)cc2c1C1(O)CC(C)C(c3ccccc3)C1(c1ccc(Br)cc1)O2. The third-order valence-electron chi connectivity index (χ3n) is 6.83. The molecule has 9 heteroatoms. The number of aliphatic hydroxyl groups is 1. The number of pyridine rings is 1. The van der Waals surface area contributed by atoms with Gasteiger partial charge in [0.05, 0.1) is 19.2 Å². The molecular formula is C27H28BrClF2N2O3. The summed E-state index contributed by atoms with van der Waals surface area (Å²) in [7, 11) is 3.03. The number of fused-ring (bicyclic) bond motifs is 3. The van der Waals surface area contributed by atoms with E-state index in [0.717, 1.165) is 15.6 Å². The number of ether oxygens (including phenoxy) is 2. The Labute approximate surface area is 222 Å². The predicted octanol–water partition coefficient (Wildman–Crippen LogP) is 6.28. The number of benzene rings is 2. The van der Waals surface area contributed by atoms with Gasteiger partial charge in [-0.1, -0.05) is 76.9 Å². The lowest BCUT2D eigenvalue weighted by molar-refractivity contribution is -0.106. The van der Waals surface area contributed by atoms with E-state index in [0.29, 0.717) is 23.6 Å². The zero-order chi connectivity index (χ0) is 26.1. The first-order valence-corrected chi connectivity index (χ1v) is 12.7. The van der Waals surface area contributed by atoms with Gasteiger partial charge in [0.1, 0.15) is 16.5 Å². The number of hydrogen-bond donors (Lipinski definition) is 2. The van der Waals surface area contributed by atoms with E-state index in [2.05, 4.69) is 45.3 Å². The van der Waals surface area contributed by atoms with Gasteiger partial charge in [0, 0.05) is 16.5 Å². The molecule has 0 saturated heterocycles. The van der Waals surface area contributed by atoms with Crippen LogP contribution in [-0.2, 0) is 11.2 Å². The lowest BCUT2D eigenvalue weighted by atomic mass is 9.71. The van der Waals surface area contributed by atoms with Crippen LogP contribution >= 0.6 is 27.5 Å². The molecule has 4 unspecified atom stereocenters. The lowest BCUT2D eigenvalue weighted by Crippen LogP contribution is -2.48. The monoisotopic (exact) mass is 580 g/mol. The second-order valence-electron chi connectivity index (χ2n) is 9.05. The molecule has 1 aromatic heterocycles. The van der Waals surface area contributed by atoms with Crippen LogP contribution in [0.15, 0.2) is 65.1 Å². The number of halogens is 4. The summed E-state index contributed by atoms with van der Waals surface area (Å²) in [6.45, 7) is 1.95. The highest BCUT2D eigenvalue weighted by molar-refractivity contribution is 9.10. The number of hydrogen-bond acceptors (Lipinski definition) is 5. The molecular weight excluding hydrogens is 554 g/mol. The maximum atomic E-state index is 12.4. The summed E-state index contributed by atoms with van der Waals surface area (Å²) in [5, 5.41) is 14.9. The first kappa shape index (κ1) is 26.8. The van der Waals surface area contributed by atoms with Crippen molar-refractivity contribution in [2.45, 2.75) is 36.9 Å². The molecule has 2 heterocycles. The Bertz CT molecular complexity index is 1200. The fourth-order valence-electron chi connectivity index (χ4n) is 5.63. The summed E-state index contributed by atoms with van der Waals surface area (Å²) < 4.78 is 35.2. The Kier molecular flexibility index (Phi) is 7.90. The molecule has 0 spiro atoms. The largest absolute Gasteiger partial charge is 0.481 e. The number of rotatable bonds is 5. The van der Waals surface area contributed by atoms with Crippen LogP contribution in [0.25, 0.3) is 0 Å². The van der Waals surface area contributed by atoms with E-state index in [1.807, 2.05) is 42.5 Å². The highest BCUT2D eigenvalue weighted by Gasteiger charge is 2.71. The summed E-state index contributed by atoms with van der Waals surface area (Å²) >= 11 is 9.76. The highest BCUT2D eigenvalue weighted by Crippen LogP contribution is 2.69. The van der Waals surface area contributed by atoms with Gasteiger partial charge in [-0.25, -0.2) is 13.8 Å². The van der Waals surface area contributed by atoms with Crippen molar-refractivity contribution >= 4 is 27.5 Å². The molecule has 0 radical (unpaired) electrons. The minimum atomic E-state index is -2.21. The average Bonchev–Trinajstić information content (AvgIpc) is 3.21. The van der Waals surface area contributed by atoms with Crippen molar-refractivity contribution in [2.24, 2.45) is 5.92 Å². The van der Waals surface area contributed by atoms with Crippen molar-refractivity contribution in [3.63, 3.8) is 0 Å². The maximum Gasteiger partial charge on any atom is 0.250 e. The van der Waals surface area contributed by atoms with E-state index in [1.165, 1.54) is 14.2 Å². The van der Waals surface area contributed by atoms with Crippen LogP contribution in [0.5, 0.6) is 11.6 Å². The molecule has 2 aromatic carbocycles. The van der Waals surface area contributed by atoms with E-state index >= 15 is 0 Å². The van der Waals surface area contributed by atoms with Crippen molar-refractivity contribution in [1.82, 2.24) is 10.3 Å². The molecule has 0 bridgehead atoms. The molecule has 5 rings (SSSR count). The molecule has 4 atom stereocenters. The molecule has 1 fully saturated rings. The van der Waals surface area contributed by atoms with Gasteiger partial charge in [0.2, 0.25) is 5.88 Å². The standard InChI is InChI=1S/C24H21BrClNO3.C3H7F2N/c1-14-13-23(28)21-18(12-19(26)27-22(21)29-2)30-24(23,16-8-10-17(25)11-9-16)20(14)15-6-4-3-5-7-15;1-6-2-3(4)5/h3-12,14,20,28H,13H2,1-2H3;3,6H,2H2,1H3. The molecule has 2 N–H and O–H groups in total. The molecule has 3 aromatic rings. The summed E-state index contributed by atoms with van der Waals surface area (Å²) in [4.78, 5) is 4.33. The Hall–Kier alpha value is -2.26. The molecule has 36 heavy (non-hydrogen) atoms. The van der Waals surface area contributed by atoms with E-state index in [-0.39, 0.29) is 23.5 Å². The molecule has 1 aliphatic heterocycles. The Balaban J connectivity index is 0.000000455. The van der Waals surface area contributed by atoms with Crippen molar-refractivity contribution in [3.05, 3.63) is 87.0 Å². The number of nitrogens with one attached hydrogen (secondary N) is 1. The van der Waals surface area contributed by atoms with Gasteiger partial charge in [0.15, 0.2) is 5.60 Å². The minimum Gasteiger partial charge on any atom is -0.481 e. The van der Waals surface area contributed by atoms with Gasteiger partial charge < -0.3 is 19.9 Å². The van der Waals surface area contributed by atoms with Crippen molar-refractivity contribution < 1.29 is 23.4 Å². The first-order chi connectivity index (χ1) is 17.2. The van der Waals surface area contributed by atoms with Crippen LogP contribution in [0.1, 0.15) is 36.0 Å². The molecule has 192 valence electrons. The second kappa shape index (κ2) is 10.6. The lowest BCUT2D eigenvalue weighted by Gasteiger charge is -2.40. The van der Waals surface area contributed by atoms with Crippen LogP contribution in [0.4, 0.5) is 8.78 Å². The highest BCUT2D eigenvalue weighted by atomic mass is 79.9. The number of nitrogens with zero attached hydrogens (tertiary/aromatic N) is 1. The third-order valence-corrected chi connectivity index (χ3v) is 7.55. The number of methoxy groups -OCH3 is 1. The molecule has 1 aliphatic carbocycles. The van der Waals surface area contributed by atoms with Crippen LogP contribution in [0.3, 0.4) is 0 Å². The van der Waals surface area contributed by atoms with Gasteiger partial charge in [-0.15, -0.1) is 0 Å². The van der Waals surface area contributed by atoms with E-state index < -0.39 is 17.6 Å². The first-order valence-electron chi connectivity index (χ1n) is 11.6. The van der Waals surface area contributed by atoms with Crippen LogP contribution < -0.4 is 14.8 Å². The molecule has 1 saturated carbocycles. The Morgan fingerprint density at radius 3 is 2.44 bits per heavy atom. The van der Waals surface area contributed by atoms with Gasteiger partial charge in [-0.05, 0) is 42.6 Å². The molecule has 2 aliphatic rings. The van der Waals surface area contributed by atoms with Gasteiger partial charge in [-0.3, -0.25) is 0 Å². The number of alkyl halides is 2. The van der Waals surface area contributed by atoms with E-state index in [1.54, 1.807) is 6.07 Å². The molecule has 0 amide bonds. The second-order valence-corrected chi connectivity index (χ2v) is 10.4. The summed E-state index contributed by atoms with van der Waals surface area (Å²) in [6, 6.07) is 19.9. The van der Waals surface area contributed by atoms with Crippen LogP contribution in [-0.4, -0.2) is 37.2 Å². The Morgan fingerprint density at radius 2 is 1.89 bits per heavy atom. The summed E-state index contributed by atoms with van der Waals surface area (Å²) in [6.07, 6.45) is -1.70. The van der Waals surface area contributed by atoms with Crippen molar-refractivity contribution in [3.8, 4) is 11.6 Å². The fourth-order valence-corrected chi connectivity index (χ4v) is 6.08. The predicted molar refractivity (Wildman–Crippen MR) is 139 cm³/mol. The number of aromatic nitrogens is 1. The average molecular weight is 582 g/mol. The molecule has 5 nitrogen and oxygen atoms in total. The van der Waals surface area contributed by atoms with E-state index in [9.17, 15) is 13.9 Å². The van der Waals surface area contributed by atoms with Gasteiger partial charge in [0.25, 0.3) is 6.43 Å². The summed E-state index contributed by atoms with van der Waals surface area (Å²) in [5.74, 6) is 0.889. The van der Waals surface area contributed by atoms with Gasteiger partial charge in [-0.2, -0.15) is 0 Å². The smallest absolute Gasteiger partial charge is 0.250 e. The quantitative estimate of drug-likeness (QED) is 0.348. The van der Waals surface area contributed by atoms with Crippen LogP contribution in [0, 0.1) is 5.92 Å². The van der Waals surface area contributed by atoms with Crippen molar-refractivity contribution in [1.29, 1.82) is 0 Å². The summed E-state index contributed by atoms with van der Waals surface area (Å²) in [5.41, 5.74) is 0.244. The van der Waals surface area contributed by atoms with Gasteiger partial charge >= 0.3 is 0 Å². The third kappa shape index (κ3) is 4.49. The fraction of sp³-hybridized carbons (Fsp3) is 0.370. The minimum absolute atomic E-state index is 0.0826. The Morgan fingerprint density at radius 1 is 1.22 bits per heavy atom. The van der Waals surface area contributed by atoms with Crippen LogP contribution in [0.2, 0.25) is 5.15 Å². The zero-order valence-electron chi connectivity index (χ0n) is 20.1. The maximum absolute atomic E-state index is 12.4. The van der Waals surface area contributed by atoms with E-state index in [4.69, 9.17) is 21.1 Å².